The summed E-state index contributed by atoms with van der Waals surface area (Å²) in [4.78, 5) is 2.41. The molecule has 0 aromatic carbocycles. The van der Waals surface area contributed by atoms with Crippen molar-refractivity contribution < 1.29 is 0 Å². The van der Waals surface area contributed by atoms with Gasteiger partial charge in [0.25, 0.3) is 0 Å². The van der Waals surface area contributed by atoms with E-state index >= 15 is 0 Å². The highest BCUT2D eigenvalue weighted by atomic mass is 15.4. The smallest absolute Gasteiger partial charge is 0.114 e. The fraction of sp³-hybridized carbons (Fsp3) is 1.00. The first-order valence-electron chi connectivity index (χ1n) is 7.09. The Morgan fingerprint density at radius 3 is 2.18 bits per heavy atom. The molecular weight excluding hydrogens is 212 g/mol. The molecule has 1 atom stereocenters. The first-order chi connectivity index (χ1) is 8.15. The van der Waals surface area contributed by atoms with Crippen LogP contribution in [0.5, 0.6) is 0 Å². The molecule has 0 saturated heterocycles. The third-order valence-corrected chi connectivity index (χ3v) is 2.89. The van der Waals surface area contributed by atoms with Gasteiger partial charge in [-0.3, -0.25) is 15.5 Å². The van der Waals surface area contributed by atoms with Crippen LogP contribution in [0.3, 0.4) is 0 Å². The van der Waals surface area contributed by atoms with Gasteiger partial charge in [-0.25, -0.2) is 0 Å². The van der Waals surface area contributed by atoms with Crippen molar-refractivity contribution in [2.45, 2.75) is 59.3 Å². The Kier molecular flexibility index (Phi) is 10.9. The van der Waals surface area contributed by atoms with Crippen LogP contribution in [0.15, 0.2) is 0 Å². The highest BCUT2D eigenvalue weighted by Gasteiger charge is 2.14. The van der Waals surface area contributed by atoms with Crippen molar-refractivity contribution in [3.05, 3.63) is 0 Å². The van der Waals surface area contributed by atoms with Gasteiger partial charge in [0.1, 0.15) is 6.29 Å². The molecule has 104 valence electrons. The molecule has 0 aliphatic heterocycles. The zero-order valence-electron chi connectivity index (χ0n) is 12.1. The highest BCUT2D eigenvalue weighted by molar-refractivity contribution is 4.68. The maximum absolute atomic E-state index is 5.49. The van der Waals surface area contributed by atoms with Crippen LogP contribution < -0.4 is 16.4 Å². The van der Waals surface area contributed by atoms with Crippen LogP contribution in [-0.2, 0) is 0 Å². The first kappa shape index (κ1) is 16.8. The Morgan fingerprint density at radius 1 is 1.06 bits per heavy atom. The fourth-order valence-corrected chi connectivity index (χ4v) is 1.88. The first-order valence-corrected chi connectivity index (χ1v) is 7.09. The molecule has 4 N–H and O–H groups in total. The number of nitrogens with zero attached hydrogens (tertiary/aromatic N) is 1. The number of hydrogen-bond donors (Lipinski definition) is 3. The van der Waals surface area contributed by atoms with Crippen molar-refractivity contribution in [1.29, 1.82) is 0 Å². The van der Waals surface area contributed by atoms with Gasteiger partial charge in [0.2, 0.25) is 0 Å². The summed E-state index contributed by atoms with van der Waals surface area (Å²) in [5.74, 6) is 0. The lowest BCUT2D eigenvalue weighted by molar-refractivity contribution is 0.139. The third kappa shape index (κ3) is 8.55. The van der Waals surface area contributed by atoms with E-state index in [1.165, 1.54) is 12.8 Å². The topological polar surface area (TPSA) is 53.3 Å². The molecular formula is C13H32N4. The maximum atomic E-state index is 5.49. The van der Waals surface area contributed by atoms with Crippen LogP contribution in [0.1, 0.15) is 47.0 Å². The summed E-state index contributed by atoms with van der Waals surface area (Å²) in [6.07, 6.45) is 3.85. The van der Waals surface area contributed by atoms with E-state index in [1.54, 1.807) is 0 Å². The Hall–Kier alpha value is -0.160. The minimum atomic E-state index is 0.294. The van der Waals surface area contributed by atoms with E-state index in [0.29, 0.717) is 12.3 Å². The largest absolute Gasteiger partial charge is 0.330 e. The van der Waals surface area contributed by atoms with E-state index in [0.717, 1.165) is 32.6 Å². The standard InChI is InChI=1S/C13H32N4/c1-5-17(6-2)13(16-12(3)4)15-11-9-7-8-10-14/h12-13,15-16H,5-11,14H2,1-4H3. The number of unbranched alkanes of at least 4 members (excludes halogenated alkanes) is 2. The quantitative estimate of drug-likeness (QED) is 0.379. The molecule has 17 heavy (non-hydrogen) atoms. The molecule has 0 heterocycles. The van der Waals surface area contributed by atoms with Crippen molar-refractivity contribution in [3.8, 4) is 0 Å². The molecule has 0 fully saturated rings. The SMILES string of the molecule is CCN(CC)C(NCCCCCN)NC(C)C. The average molecular weight is 244 g/mol. The maximum Gasteiger partial charge on any atom is 0.114 e. The molecule has 4 nitrogen and oxygen atoms in total. The van der Waals surface area contributed by atoms with Gasteiger partial charge in [0, 0.05) is 6.04 Å². The van der Waals surface area contributed by atoms with Gasteiger partial charge in [-0.1, -0.05) is 20.3 Å². The summed E-state index contributed by atoms with van der Waals surface area (Å²) in [7, 11) is 0. The molecule has 0 rings (SSSR count). The van der Waals surface area contributed by atoms with Crippen LogP contribution in [-0.4, -0.2) is 43.4 Å². The van der Waals surface area contributed by atoms with Crippen LogP contribution >= 0.6 is 0 Å². The lowest BCUT2D eigenvalue weighted by atomic mass is 10.2. The highest BCUT2D eigenvalue weighted by Crippen LogP contribution is 1.97. The van der Waals surface area contributed by atoms with Crippen molar-refractivity contribution in [2.75, 3.05) is 26.2 Å². The van der Waals surface area contributed by atoms with Crippen LogP contribution in [0.4, 0.5) is 0 Å². The minimum Gasteiger partial charge on any atom is -0.330 e. The Balaban J connectivity index is 3.92. The van der Waals surface area contributed by atoms with E-state index in [2.05, 4.69) is 43.2 Å². The number of nitrogens with one attached hydrogen (secondary N) is 2. The molecule has 0 saturated carbocycles. The fourth-order valence-electron chi connectivity index (χ4n) is 1.88. The van der Waals surface area contributed by atoms with Gasteiger partial charge in [-0.15, -0.1) is 0 Å². The summed E-state index contributed by atoms with van der Waals surface area (Å²) >= 11 is 0. The molecule has 4 heteroatoms. The van der Waals surface area contributed by atoms with E-state index in [4.69, 9.17) is 5.73 Å². The molecule has 0 aromatic rings. The predicted molar refractivity (Wildman–Crippen MR) is 75.9 cm³/mol. The van der Waals surface area contributed by atoms with Crippen LogP contribution in [0, 0.1) is 0 Å². The van der Waals surface area contributed by atoms with Gasteiger partial charge in [-0.2, -0.15) is 0 Å². The number of hydrogen-bond acceptors (Lipinski definition) is 4. The minimum absolute atomic E-state index is 0.294. The second kappa shape index (κ2) is 11.0. The zero-order valence-corrected chi connectivity index (χ0v) is 12.1. The average Bonchev–Trinajstić information content (AvgIpc) is 2.29. The Bertz CT molecular complexity index is 157. The van der Waals surface area contributed by atoms with Crippen molar-refractivity contribution in [2.24, 2.45) is 5.73 Å². The molecule has 0 aromatic heterocycles. The van der Waals surface area contributed by atoms with Gasteiger partial charge in [0.15, 0.2) is 0 Å². The normalized spacial score (nSPS) is 13.6. The monoisotopic (exact) mass is 244 g/mol. The lowest BCUT2D eigenvalue weighted by Crippen LogP contribution is -2.56. The summed E-state index contributed by atoms with van der Waals surface area (Å²) in [6, 6.07) is 0.497. The molecule has 0 aliphatic rings. The van der Waals surface area contributed by atoms with Crippen molar-refractivity contribution >= 4 is 0 Å². The summed E-state index contributed by atoms with van der Waals surface area (Å²) in [6.45, 7) is 12.8. The zero-order chi connectivity index (χ0) is 13.1. The Morgan fingerprint density at radius 2 is 1.71 bits per heavy atom. The van der Waals surface area contributed by atoms with Gasteiger partial charge in [-0.05, 0) is 52.9 Å². The van der Waals surface area contributed by atoms with E-state index in [1.807, 2.05) is 0 Å². The molecule has 0 aliphatic carbocycles. The number of rotatable bonds is 11. The van der Waals surface area contributed by atoms with Crippen molar-refractivity contribution in [1.82, 2.24) is 15.5 Å². The third-order valence-electron chi connectivity index (χ3n) is 2.89. The second-order valence-corrected chi connectivity index (χ2v) is 4.75. The van der Waals surface area contributed by atoms with E-state index < -0.39 is 0 Å². The van der Waals surface area contributed by atoms with Crippen LogP contribution in [0.25, 0.3) is 0 Å². The molecule has 0 amide bonds. The van der Waals surface area contributed by atoms with E-state index in [-0.39, 0.29) is 0 Å². The molecule has 1 unspecified atom stereocenters. The molecule has 0 bridgehead atoms. The molecule has 0 spiro atoms. The Labute approximate surface area is 107 Å². The van der Waals surface area contributed by atoms with Gasteiger partial charge < -0.3 is 5.73 Å². The van der Waals surface area contributed by atoms with Crippen molar-refractivity contribution in [3.63, 3.8) is 0 Å². The lowest BCUT2D eigenvalue weighted by Gasteiger charge is -2.32. The molecule has 0 radical (unpaired) electrons. The second-order valence-electron chi connectivity index (χ2n) is 4.75. The number of nitrogens with two attached hydrogens (primary N) is 1. The summed E-state index contributed by atoms with van der Waals surface area (Å²) < 4.78 is 0. The summed E-state index contributed by atoms with van der Waals surface area (Å²) in [5.41, 5.74) is 5.49. The van der Waals surface area contributed by atoms with Gasteiger partial charge in [0.05, 0.1) is 0 Å². The van der Waals surface area contributed by atoms with E-state index in [9.17, 15) is 0 Å². The summed E-state index contributed by atoms with van der Waals surface area (Å²) in [5, 5.41) is 7.15. The van der Waals surface area contributed by atoms with Gasteiger partial charge >= 0.3 is 0 Å². The van der Waals surface area contributed by atoms with Crippen LogP contribution in [0.2, 0.25) is 0 Å². The predicted octanol–water partition coefficient (Wildman–Crippen LogP) is 1.33.